The highest BCUT2D eigenvalue weighted by Gasteiger charge is 2.12. The van der Waals surface area contributed by atoms with Gasteiger partial charge in [-0.3, -0.25) is 4.79 Å². The van der Waals surface area contributed by atoms with Crippen molar-refractivity contribution in [2.45, 2.75) is 5.38 Å². The average molecular weight is 221 g/mol. The van der Waals surface area contributed by atoms with Crippen LogP contribution >= 0.6 is 23.2 Å². The lowest BCUT2D eigenvalue weighted by Gasteiger charge is -2.07. The normalized spacial score (nSPS) is 12.2. The summed E-state index contributed by atoms with van der Waals surface area (Å²) in [5.74, 6) is 0. The van der Waals surface area contributed by atoms with Crippen molar-refractivity contribution in [2.75, 3.05) is 6.61 Å². The number of ether oxygens (including phenoxy) is 1. The van der Waals surface area contributed by atoms with Gasteiger partial charge in [0, 0.05) is 11.8 Å². The Kier molecular flexibility index (Phi) is 3.92. The van der Waals surface area contributed by atoms with Crippen LogP contribution in [0.15, 0.2) is 12.5 Å². The average Bonchev–Trinajstić information content (AvgIpc) is 2.15. The Morgan fingerprint density at radius 2 is 2.46 bits per heavy atom. The van der Waals surface area contributed by atoms with E-state index in [9.17, 15) is 4.79 Å². The maximum atomic E-state index is 9.88. The van der Waals surface area contributed by atoms with Crippen LogP contribution in [0.4, 0.5) is 0 Å². The zero-order valence-electron chi connectivity index (χ0n) is 6.48. The summed E-state index contributed by atoms with van der Waals surface area (Å²) in [5.41, 5.74) is 0.549. The molecule has 4 nitrogen and oxygen atoms in total. The van der Waals surface area contributed by atoms with Gasteiger partial charge in [0.2, 0.25) is 0 Å². The number of aromatic nitrogens is 2. The molecule has 70 valence electrons. The predicted molar refractivity (Wildman–Crippen MR) is 47.7 cm³/mol. The van der Waals surface area contributed by atoms with Crippen LogP contribution in [0.2, 0.25) is 5.15 Å². The van der Waals surface area contributed by atoms with E-state index in [0.29, 0.717) is 12.0 Å². The number of nitrogens with zero attached hydrogens (tertiary/aromatic N) is 2. The lowest BCUT2D eigenvalue weighted by Crippen LogP contribution is -2.02. The van der Waals surface area contributed by atoms with Crippen LogP contribution in [-0.2, 0) is 9.53 Å². The fourth-order valence-corrected chi connectivity index (χ4v) is 1.26. The van der Waals surface area contributed by atoms with Gasteiger partial charge < -0.3 is 4.74 Å². The first-order valence-corrected chi connectivity index (χ1v) is 4.22. The monoisotopic (exact) mass is 220 g/mol. The Balaban J connectivity index is 2.70. The third kappa shape index (κ3) is 2.82. The largest absolute Gasteiger partial charge is 0.466 e. The standard InChI is InChI=1S/C7H6Cl2N2O2/c8-6(2-13-4-12)5-1-10-3-11-7(5)9/h1,3-4,6H,2H2. The second-order valence-corrected chi connectivity index (χ2v) is 3.05. The number of rotatable bonds is 4. The molecule has 0 spiro atoms. The van der Waals surface area contributed by atoms with E-state index in [2.05, 4.69) is 14.7 Å². The van der Waals surface area contributed by atoms with Crippen molar-refractivity contribution in [3.8, 4) is 0 Å². The van der Waals surface area contributed by atoms with Crippen LogP contribution in [0.5, 0.6) is 0 Å². The molecule has 1 aromatic heterocycles. The minimum absolute atomic E-state index is 0.0537. The van der Waals surface area contributed by atoms with E-state index in [0.717, 1.165) is 0 Å². The van der Waals surface area contributed by atoms with Gasteiger partial charge in [-0.15, -0.1) is 11.6 Å². The summed E-state index contributed by atoms with van der Waals surface area (Å²) < 4.78 is 4.48. The molecular weight excluding hydrogens is 215 g/mol. The van der Waals surface area contributed by atoms with Gasteiger partial charge in [0.1, 0.15) is 18.1 Å². The summed E-state index contributed by atoms with van der Waals surface area (Å²) in [5, 5.41) is -0.247. The second-order valence-electron chi connectivity index (χ2n) is 2.17. The number of hydrogen-bond acceptors (Lipinski definition) is 4. The van der Waals surface area contributed by atoms with Gasteiger partial charge in [-0.1, -0.05) is 11.6 Å². The summed E-state index contributed by atoms with van der Waals surface area (Å²) in [6.07, 6.45) is 2.80. The molecule has 0 aromatic carbocycles. The Hall–Kier alpha value is -0.870. The second kappa shape index (κ2) is 4.99. The van der Waals surface area contributed by atoms with Gasteiger partial charge in [0.05, 0.1) is 5.38 Å². The maximum absolute atomic E-state index is 9.88. The molecule has 0 saturated carbocycles. The Bertz CT molecular complexity index is 296. The number of alkyl halides is 1. The van der Waals surface area contributed by atoms with E-state index < -0.39 is 5.38 Å². The van der Waals surface area contributed by atoms with E-state index in [-0.39, 0.29) is 11.8 Å². The number of carbonyl (C=O) groups excluding carboxylic acids is 1. The molecule has 0 bridgehead atoms. The summed E-state index contributed by atoms with van der Waals surface area (Å²) in [6.45, 7) is 0.380. The maximum Gasteiger partial charge on any atom is 0.293 e. The van der Waals surface area contributed by atoms with Crippen LogP contribution in [0.3, 0.4) is 0 Å². The van der Waals surface area contributed by atoms with Gasteiger partial charge in [-0.2, -0.15) is 0 Å². The topological polar surface area (TPSA) is 52.1 Å². The predicted octanol–water partition coefficient (Wildman–Crippen LogP) is 1.58. The molecule has 1 rings (SSSR count). The molecule has 1 heterocycles. The highest BCUT2D eigenvalue weighted by atomic mass is 35.5. The molecule has 0 aliphatic rings. The van der Waals surface area contributed by atoms with Gasteiger partial charge in [0.25, 0.3) is 6.47 Å². The summed E-state index contributed by atoms with van der Waals surface area (Å²) >= 11 is 11.6. The van der Waals surface area contributed by atoms with Gasteiger partial charge >= 0.3 is 0 Å². The molecule has 1 atom stereocenters. The fraction of sp³-hybridized carbons (Fsp3) is 0.286. The van der Waals surface area contributed by atoms with Crippen molar-refractivity contribution in [1.29, 1.82) is 0 Å². The van der Waals surface area contributed by atoms with Crippen LogP contribution in [0, 0.1) is 0 Å². The van der Waals surface area contributed by atoms with E-state index in [1.54, 1.807) is 0 Å². The van der Waals surface area contributed by atoms with Crippen LogP contribution in [0.25, 0.3) is 0 Å². The fourth-order valence-electron chi connectivity index (χ4n) is 0.749. The molecule has 0 aliphatic heterocycles. The molecular formula is C7H6Cl2N2O2. The highest BCUT2D eigenvalue weighted by Crippen LogP contribution is 2.24. The summed E-state index contributed by atoms with van der Waals surface area (Å²) in [7, 11) is 0. The molecule has 0 aliphatic carbocycles. The molecule has 6 heteroatoms. The third-order valence-corrected chi connectivity index (χ3v) is 2.01. The van der Waals surface area contributed by atoms with Crippen molar-refractivity contribution in [1.82, 2.24) is 9.97 Å². The summed E-state index contributed by atoms with van der Waals surface area (Å²) in [4.78, 5) is 17.4. The Labute approximate surface area is 84.8 Å². The van der Waals surface area contributed by atoms with Gasteiger partial charge in [-0.05, 0) is 0 Å². The molecule has 13 heavy (non-hydrogen) atoms. The molecule has 0 N–H and O–H groups in total. The molecule has 0 saturated heterocycles. The van der Waals surface area contributed by atoms with Crippen LogP contribution in [0.1, 0.15) is 10.9 Å². The quantitative estimate of drug-likeness (QED) is 0.440. The molecule has 0 amide bonds. The number of hydrogen-bond donors (Lipinski definition) is 0. The van der Waals surface area contributed by atoms with E-state index in [1.807, 2.05) is 0 Å². The lowest BCUT2D eigenvalue weighted by atomic mass is 10.2. The Morgan fingerprint density at radius 3 is 3.08 bits per heavy atom. The van der Waals surface area contributed by atoms with Crippen molar-refractivity contribution in [3.63, 3.8) is 0 Å². The van der Waals surface area contributed by atoms with Crippen molar-refractivity contribution in [2.24, 2.45) is 0 Å². The van der Waals surface area contributed by atoms with Crippen molar-refractivity contribution < 1.29 is 9.53 Å². The van der Waals surface area contributed by atoms with E-state index >= 15 is 0 Å². The minimum atomic E-state index is -0.515. The number of carbonyl (C=O) groups is 1. The van der Waals surface area contributed by atoms with Gasteiger partial charge in [-0.25, -0.2) is 9.97 Å². The highest BCUT2D eigenvalue weighted by molar-refractivity contribution is 6.31. The zero-order chi connectivity index (χ0) is 9.68. The Morgan fingerprint density at radius 1 is 1.69 bits per heavy atom. The smallest absolute Gasteiger partial charge is 0.293 e. The summed E-state index contributed by atoms with van der Waals surface area (Å²) in [6, 6.07) is 0. The van der Waals surface area contributed by atoms with E-state index in [1.165, 1.54) is 12.5 Å². The minimum Gasteiger partial charge on any atom is -0.466 e. The first kappa shape index (κ1) is 10.2. The van der Waals surface area contributed by atoms with Crippen LogP contribution in [-0.4, -0.2) is 23.0 Å². The molecule has 1 aromatic rings. The lowest BCUT2D eigenvalue weighted by molar-refractivity contribution is -0.128. The molecule has 1 unspecified atom stereocenters. The van der Waals surface area contributed by atoms with E-state index in [4.69, 9.17) is 23.2 Å². The van der Waals surface area contributed by atoms with Crippen molar-refractivity contribution in [3.05, 3.63) is 23.2 Å². The van der Waals surface area contributed by atoms with Gasteiger partial charge in [0.15, 0.2) is 0 Å². The zero-order valence-corrected chi connectivity index (χ0v) is 8.00. The van der Waals surface area contributed by atoms with Crippen molar-refractivity contribution >= 4 is 29.7 Å². The SMILES string of the molecule is O=COCC(Cl)c1cncnc1Cl. The van der Waals surface area contributed by atoms with Crippen LogP contribution < -0.4 is 0 Å². The number of halogens is 2. The third-order valence-electron chi connectivity index (χ3n) is 1.34. The molecule has 0 fully saturated rings. The molecule has 0 radical (unpaired) electrons. The first-order chi connectivity index (χ1) is 6.25. The first-order valence-electron chi connectivity index (χ1n) is 3.40.